The molecule has 0 saturated carbocycles. The van der Waals surface area contributed by atoms with E-state index in [1.165, 1.54) is 18.2 Å². The van der Waals surface area contributed by atoms with Crippen molar-refractivity contribution in [3.8, 4) is 0 Å². The molecule has 2 N–H and O–H groups in total. The van der Waals surface area contributed by atoms with E-state index in [4.69, 9.17) is 11.6 Å². The zero-order chi connectivity index (χ0) is 14.5. The zero-order valence-corrected chi connectivity index (χ0v) is 11.5. The number of carbonyl (C=O) groups excluding carboxylic acids is 1. The minimum absolute atomic E-state index is 0.0118. The minimum atomic E-state index is -0.581. The number of hydrogen-bond donors (Lipinski definition) is 2. The summed E-state index contributed by atoms with van der Waals surface area (Å²) in [5.74, 6) is -0.458. The van der Waals surface area contributed by atoms with Crippen molar-refractivity contribution in [3.05, 3.63) is 52.9 Å². The molecular formula is C14H13ClFN3O. The first kappa shape index (κ1) is 14.3. The van der Waals surface area contributed by atoms with E-state index in [2.05, 4.69) is 15.6 Å². The monoisotopic (exact) mass is 293 g/mol. The van der Waals surface area contributed by atoms with Gasteiger partial charge in [0, 0.05) is 18.4 Å². The van der Waals surface area contributed by atoms with E-state index < -0.39 is 5.82 Å². The first-order chi connectivity index (χ1) is 9.61. The van der Waals surface area contributed by atoms with Crippen LogP contribution in [-0.2, 0) is 0 Å². The highest BCUT2D eigenvalue weighted by Crippen LogP contribution is 2.20. The molecule has 0 unspecified atom stereocenters. The molecule has 0 aliphatic rings. The highest BCUT2D eigenvalue weighted by molar-refractivity contribution is 6.30. The van der Waals surface area contributed by atoms with Gasteiger partial charge in [-0.2, -0.15) is 0 Å². The maximum Gasteiger partial charge on any atom is 0.259 e. The van der Waals surface area contributed by atoms with Crippen molar-refractivity contribution < 1.29 is 9.18 Å². The molecule has 2 rings (SSSR count). The highest BCUT2D eigenvalue weighted by Gasteiger charge is 2.12. The molecule has 4 nitrogen and oxygen atoms in total. The molecule has 0 radical (unpaired) electrons. The smallest absolute Gasteiger partial charge is 0.259 e. The third kappa shape index (κ3) is 3.24. The first-order valence-electron chi connectivity index (χ1n) is 6.07. The summed E-state index contributed by atoms with van der Waals surface area (Å²) < 4.78 is 13.3. The molecule has 1 heterocycles. The summed E-state index contributed by atoms with van der Waals surface area (Å²) in [6.07, 6.45) is 1.59. The van der Waals surface area contributed by atoms with Gasteiger partial charge in [0.1, 0.15) is 11.6 Å². The number of halogens is 2. The SMILES string of the molecule is CCNc1ncccc1C(=O)Nc1ccc(Cl)c(F)c1. The quantitative estimate of drug-likeness (QED) is 0.906. The molecule has 0 aliphatic heterocycles. The van der Waals surface area contributed by atoms with Gasteiger partial charge in [-0.25, -0.2) is 9.37 Å². The summed E-state index contributed by atoms with van der Waals surface area (Å²) in [6.45, 7) is 2.55. The fourth-order valence-electron chi connectivity index (χ4n) is 1.67. The number of amides is 1. The Morgan fingerprint density at radius 2 is 2.20 bits per heavy atom. The van der Waals surface area contributed by atoms with Crippen molar-refractivity contribution in [1.29, 1.82) is 0 Å². The lowest BCUT2D eigenvalue weighted by molar-refractivity contribution is 0.102. The van der Waals surface area contributed by atoms with Crippen LogP contribution in [0.2, 0.25) is 5.02 Å². The van der Waals surface area contributed by atoms with Crippen LogP contribution in [0.4, 0.5) is 15.9 Å². The van der Waals surface area contributed by atoms with Gasteiger partial charge in [0.25, 0.3) is 5.91 Å². The van der Waals surface area contributed by atoms with E-state index in [1.807, 2.05) is 6.92 Å². The third-order valence-electron chi connectivity index (χ3n) is 2.57. The Kier molecular flexibility index (Phi) is 4.53. The molecule has 0 aliphatic carbocycles. The minimum Gasteiger partial charge on any atom is -0.370 e. The Hall–Kier alpha value is -2.14. The molecule has 104 valence electrons. The number of nitrogens with one attached hydrogen (secondary N) is 2. The van der Waals surface area contributed by atoms with Gasteiger partial charge in [0.05, 0.1) is 10.6 Å². The van der Waals surface area contributed by atoms with Crippen LogP contribution in [0.15, 0.2) is 36.5 Å². The van der Waals surface area contributed by atoms with E-state index in [0.29, 0.717) is 23.6 Å². The molecule has 1 amide bonds. The van der Waals surface area contributed by atoms with E-state index in [1.54, 1.807) is 18.3 Å². The fraction of sp³-hybridized carbons (Fsp3) is 0.143. The van der Waals surface area contributed by atoms with Crippen molar-refractivity contribution in [2.24, 2.45) is 0 Å². The number of benzene rings is 1. The second-order valence-corrected chi connectivity index (χ2v) is 4.42. The number of aromatic nitrogens is 1. The van der Waals surface area contributed by atoms with Crippen LogP contribution in [0.3, 0.4) is 0 Å². The topological polar surface area (TPSA) is 54.0 Å². The summed E-state index contributed by atoms with van der Waals surface area (Å²) in [6, 6.07) is 7.40. The van der Waals surface area contributed by atoms with Crippen LogP contribution in [0.25, 0.3) is 0 Å². The molecular weight excluding hydrogens is 281 g/mol. The summed E-state index contributed by atoms with van der Waals surface area (Å²) in [5, 5.41) is 5.62. The largest absolute Gasteiger partial charge is 0.370 e. The second-order valence-electron chi connectivity index (χ2n) is 4.01. The Morgan fingerprint density at radius 1 is 1.40 bits per heavy atom. The van der Waals surface area contributed by atoms with Crippen molar-refractivity contribution in [1.82, 2.24) is 4.98 Å². The molecule has 2 aromatic rings. The van der Waals surface area contributed by atoms with Crippen molar-refractivity contribution in [3.63, 3.8) is 0 Å². The van der Waals surface area contributed by atoms with Crippen molar-refractivity contribution >= 4 is 29.0 Å². The fourth-order valence-corrected chi connectivity index (χ4v) is 1.79. The predicted molar refractivity (Wildman–Crippen MR) is 77.8 cm³/mol. The van der Waals surface area contributed by atoms with Gasteiger partial charge >= 0.3 is 0 Å². The van der Waals surface area contributed by atoms with Crippen LogP contribution >= 0.6 is 11.6 Å². The Balaban J connectivity index is 2.21. The van der Waals surface area contributed by atoms with Crippen LogP contribution in [0, 0.1) is 5.82 Å². The Bertz CT molecular complexity index is 634. The number of hydrogen-bond acceptors (Lipinski definition) is 3. The first-order valence-corrected chi connectivity index (χ1v) is 6.45. The van der Waals surface area contributed by atoms with Crippen LogP contribution in [0.1, 0.15) is 17.3 Å². The summed E-state index contributed by atoms with van der Waals surface area (Å²) in [4.78, 5) is 16.3. The molecule has 0 spiro atoms. The maximum absolute atomic E-state index is 13.3. The van der Waals surface area contributed by atoms with E-state index in [-0.39, 0.29) is 10.9 Å². The lowest BCUT2D eigenvalue weighted by atomic mass is 10.2. The Labute approximate surface area is 121 Å². The predicted octanol–water partition coefficient (Wildman–Crippen LogP) is 3.56. The number of pyridine rings is 1. The lowest BCUT2D eigenvalue weighted by Crippen LogP contribution is -2.15. The molecule has 1 aromatic carbocycles. The van der Waals surface area contributed by atoms with Gasteiger partial charge in [-0.15, -0.1) is 0 Å². The van der Waals surface area contributed by atoms with E-state index in [9.17, 15) is 9.18 Å². The molecule has 0 saturated heterocycles. The van der Waals surface area contributed by atoms with Gasteiger partial charge in [0.2, 0.25) is 0 Å². The second kappa shape index (κ2) is 6.34. The lowest BCUT2D eigenvalue weighted by Gasteiger charge is -2.10. The molecule has 6 heteroatoms. The summed E-state index contributed by atoms with van der Waals surface area (Å²) in [7, 11) is 0. The molecule has 1 aromatic heterocycles. The van der Waals surface area contributed by atoms with Gasteiger partial charge < -0.3 is 10.6 Å². The standard InChI is InChI=1S/C14H13ClFN3O/c1-2-17-13-10(4-3-7-18-13)14(20)19-9-5-6-11(15)12(16)8-9/h3-8H,2H2,1H3,(H,17,18)(H,19,20). The van der Waals surface area contributed by atoms with E-state index >= 15 is 0 Å². The zero-order valence-electron chi connectivity index (χ0n) is 10.8. The number of rotatable bonds is 4. The van der Waals surface area contributed by atoms with Gasteiger partial charge in [-0.05, 0) is 37.3 Å². The third-order valence-corrected chi connectivity index (χ3v) is 2.88. The van der Waals surface area contributed by atoms with Gasteiger partial charge in [-0.1, -0.05) is 11.6 Å². The summed E-state index contributed by atoms with van der Waals surface area (Å²) in [5.41, 5.74) is 0.730. The van der Waals surface area contributed by atoms with Crippen molar-refractivity contribution in [2.45, 2.75) is 6.92 Å². The van der Waals surface area contributed by atoms with Gasteiger partial charge in [0.15, 0.2) is 0 Å². The maximum atomic E-state index is 13.3. The van der Waals surface area contributed by atoms with Crippen LogP contribution in [0.5, 0.6) is 0 Å². The average Bonchev–Trinajstić information content (AvgIpc) is 2.44. The van der Waals surface area contributed by atoms with Crippen LogP contribution in [-0.4, -0.2) is 17.4 Å². The molecule has 0 fully saturated rings. The Morgan fingerprint density at radius 3 is 2.90 bits per heavy atom. The molecule has 20 heavy (non-hydrogen) atoms. The number of nitrogens with zero attached hydrogens (tertiary/aromatic N) is 1. The van der Waals surface area contributed by atoms with Gasteiger partial charge in [-0.3, -0.25) is 4.79 Å². The molecule has 0 atom stereocenters. The summed E-state index contributed by atoms with van der Waals surface area (Å²) >= 11 is 5.59. The number of carbonyl (C=O) groups is 1. The van der Waals surface area contributed by atoms with Crippen molar-refractivity contribution in [2.75, 3.05) is 17.2 Å². The number of anilines is 2. The molecule has 0 bridgehead atoms. The normalized spacial score (nSPS) is 10.2. The average molecular weight is 294 g/mol. The van der Waals surface area contributed by atoms with E-state index in [0.717, 1.165) is 0 Å². The highest BCUT2D eigenvalue weighted by atomic mass is 35.5. The van der Waals surface area contributed by atoms with Crippen LogP contribution < -0.4 is 10.6 Å².